The minimum absolute atomic E-state index is 0.153. The monoisotopic (exact) mass is 306 g/mol. The zero-order valence-electron chi connectivity index (χ0n) is 6.27. The zero-order valence-corrected chi connectivity index (χ0v) is 9.44. The Balaban J connectivity index is 3.99. The van der Waals surface area contributed by atoms with Crippen LogP contribution in [0.15, 0.2) is 0 Å². The Morgan fingerprint density at radius 1 is 0.750 bits per heavy atom. The smallest absolute Gasteiger partial charge is 0.109 e. The van der Waals surface area contributed by atoms with Crippen LogP contribution in [-0.2, 0) is 0 Å². The van der Waals surface area contributed by atoms with Crippen LogP contribution in [0, 0.1) is 0 Å². The van der Waals surface area contributed by atoms with E-state index in [9.17, 15) is 10.2 Å². The largest absolute Gasteiger partial charge is 0.389 e. The van der Waals surface area contributed by atoms with E-state index in [1.165, 1.54) is 0 Å². The summed E-state index contributed by atoms with van der Waals surface area (Å²) in [6.45, 7) is 0. The number of hydrogen-bond donors (Lipinski definition) is 4. The Hall–Kier alpha value is 0.800. The molecule has 0 aliphatic heterocycles. The molecule has 4 N–H and O–H groups in total. The zero-order chi connectivity index (χ0) is 9.72. The van der Waals surface area contributed by atoms with E-state index >= 15 is 0 Å². The lowest BCUT2D eigenvalue weighted by Crippen LogP contribution is -2.45. The van der Waals surface area contributed by atoms with Gasteiger partial charge in [-0.05, 0) is 0 Å². The molecule has 0 spiro atoms. The number of alkyl halides is 2. The summed E-state index contributed by atoms with van der Waals surface area (Å²) in [7, 11) is 0. The number of hydrogen-bond acceptors (Lipinski definition) is 4. The second-order valence-electron chi connectivity index (χ2n) is 2.42. The van der Waals surface area contributed by atoms with Gasteiger partial charge in [0, 0.05) is 10.7 Å². The minimum Gasteiger partial charge on any atom is -0.389 e. The molecule has 0 aromatic rings. The lowest BCUT2D eigenvalue weighted by molar-refractivity contribution is -0.0916. The highest BCUT2D eigenvalue weighted by atomic mass is 79.9. The molecule has 74 valence electrons. The highest BCUT2D eigenvalue weighted by Crippen LogP contribution is 2.08. The highest BCUT2D eigenvalue weighted by Gasteiger charge is 2.28. The molecule has 12 heavy (non-hydrogen) atoms. The van der Waals surface area contributed by atoms with E-state index in [4.69, 9.17) is 10.2 Å². The Labute approximate surface area is 87.5 Å². The van der Waals surface area contributed by atoms with E-state index in [-0.39, 0.29) is 10.7 Å². The number of halogens is 2. The van der Waals surface area contributed by atoms with Crippen LogP contribution in [0.3, 0.4) is 0 Å². The van der Waals surface area contributed by atoms with Gasteiger partial charge in [0.25, 0.3) is 0 Å². The average molecular weight is 308 g/mol. The summed E-state index contributed by atoms with van der Waals surface area (Å²) in [5.41, 5.74) is 0. The van der Waals surface area contributed by atoms with Crippen molar-refractivity contribution in [1.82, 2.24) is 0 Å². The summed E-state index contributed by atoms with van der Waals surface area (Å²) in [6, 6.07) is 0. The SMILES string of the molecule is OC(CBr)[C@H](O)[C@H](O)[C@@H](O)CBr. The molecule has 6 heteroatoms. The van der Waals surface area contributed by atoms with Crippen molar-refractivity contribution in [2.24, 2.45) is 0 Å². The Bertz CT molecular complexity index is 110. The molecule has 0 aromatic heterocycles. The van der Waals surface area contributed by atoms with Crippen molar-refractivity contribution in [2.75, 3.05) is 10.7 Å². The quantitative estimate of drug-likeness (QED) is 0.502. The van der Waals surface area contributed by atoms with E-state index in [0.29, 0.717) is 0 Å². The summed E-state index contributed by atoms with van der Waals surface area (Å²) in [5.74, 6) is 0. The fourth-order valence-corrected chi connectivity index (χ4v) is 1.40. The maximum absolute atomic E-state index is 9.18. The Morgan fingerprint density at radius 2 is 1.00 bits per heavy atom. The Morgan fingerprint density at radius 3 is 1.17 bits per heavy atom. The first-order valence-electron chi connectivity index (χ1n) is 3.38. The van der Waals surface area contributed by atoms with Crippen molar-refractivity contribution in [3.05, 3.63) is 0 Å². The van der Waals surface area contributed by atoms with E-state index in [1.807, 2.05) is 0 Å². The van der Waals surface area contributed by atoms with Gasteiger partial charge in [-0.3, -0.25) is 0 Å². The third kappa shape index (κ3) is 3.68. The molecule has 4 atom stereocenters. The molecule has 0 saturated carbocycles. The fraction of sp³-hybridized carbons (Fsp3) is 1.00. The molecular weight excluding hydrogens is 296 g/mol. The molecule has 0 amide bonds. The van der Waals surface area contributed by atoms with Gasteiger partial charge in [-0.15, -0.1) is 0 Å². The summed E-state index contributed by atoms with van der Waals surface area (Å²) in [5, 5.41) is 36.8. The van der Waals surface area contributed by atoms with Gasteiger partial charge in [-0.1, -0.05) is 31.9 Å². The van der Waals surface area contributed by atoms with Gasteiger partial charge in [0.2, 0.25) is 0 Å². The highest BCUT2D eigenvalue weighted by molar-refractivity contribution is 9.09. The fourth-order valence-electron chi connectivity index (χ4n) is 0.638. The van der Waals surface area contributed by atoms with Gasteiger partial charge in [-0.2, -0.15) is 0 Å². The Kier molecular flexibility index (Phi) is 6.70. The molecule has 0 heterocycles. The van der Waals surface area contributed by atoms with Crippen molar-refractivity contribution in [1.29, 1.82) is 0 Å². The van der Waals surface area contributed by atoms with Crippen molar-refractivity contribution in [3.8, 4) is 0 Å². The lowest BCUT2D eigenvalue weighted by Gasteiger charge is -2.24. The maximum Gasteiger partial charge on any atom is 0.109 e. The summed E-state index contributed by atoms with van der Waals surface area (Å²) in [6.07, 6.45) is -4.82. The van der Waals surface area contributed by atoms with Crippen LogP contribution in [-0.4, -0.2) is 55.5 Å². The molecule has 0 bridgehead atoms. The topological polar surface area (TPSA) is 80.9 Å². The second-order valence-corrected chi connectivity index (χ2v) is 3.72. The minimum atomic E-state index is -1.34. The summed E-state index contributed by atoms with van der Waals surface area (Å²) < 4.78 is 0. The molecular formula is C6H12Br2O4. The third-order valence-corrected chi connectivity index (χ3v) is 2.78. The van der Waals surface area contributed by atoms with Crippen LogP contribution in [0.4, 0.5) is 0 Å². The van der Waals surface area contributed by atoms with Crippen LogP contribution < -0.4 is 0 Å². The van der Waals surface area contributed by atoms with Crippen molar-refractivity contribution in [3.63, 3.8) is 0 Å². The molecule has 0 aliphatic carbocycles. The van der Waals surface area contributed by atoms with Crippen LogP contribution >= 0.6 is 31.9 Å². The first-order valence-corrected chi connectivity index (χ1v) is 5.63. The molecule has 0 saturated heterocycles. The molecule has 0 aliphatic rings. The summed E-state index contributed by atoms with van der Waals surface area (Å²) >= 11 is 5.88. The molecule has 0 fully saturated rings. The maximum atomic E-state index is 9.18. The van der Waals surface area contributed by atoms with Gasteiger partial charge in [0.15, 0.2) is 0 Å². The predicted molar refractivity (Wildman–Crippen MR) is 51.6 cm³/mol. The molecule has 4 nitrogen and oxygen atoms in total. The third-order valence-electron chi connectivity index (χ3n) is 1.45. The number of aliphatic hydroxyl groups is 4. The normalized spacial score (nSPS) is 21.5. The van der Waals surface area contributed by atoms with Gasteiger partial charge in [0.05, 0.1) is 12.2 Å². The van der Waals surface area contributed by atoms with Crippen molar-refractivity contribution < 1.29 is 20.4 Å². The van der Waals surface area contributed by atoms with Gasteiger partial charge < -0.3 is 20.4 Å². The number of aliphatic hydroxyl groups excluding tert-OH is 4. The summed E-state index contributed by atoms with van der Waals surface area (Å²) in [4.78, 5) is 0. The van der Waals surface area contributed by atoms with E-state index in [1.54, 1.807) is 0 Å². The van der Waals surface area contributed by atoms with E-state index in [0.717, 1.165) is 0 Å². The van der Waals surface area contributed by atoms with Gasteiger partial charge in [-0.25, -0.2) is 0 Å². The molecule has 1 unspecified atom stereocenters. The standard InChI is InChI=1S/C6H12Br2O4/c7-1-3(9)5(11)6(12)4(10)2-8/h3-6,9-12H,1-2H2/t3-,4?,5+,6-/m0/s1. The first-order chi connectivity index (χ1) is 5.54. The van der Waals surface area contributed by atoms with Crippen LogP contribution in [0.25, 0.3) is 0 Å². The van der Waals surface area contributed by atoms with Gasteiger partial charge in [0.1, 0.15) is 12.2 Å². The number of rotatable bonds is 5. The lowest BCUT2D eigenvalue weighted by atomic mass is 10.1. The van der Waals surface area contributed by atoms with E-state index < -0.39 is 24.4 Å². The average Bonchev–Trinajstić information content (AvgIpc) is 2.12. The van der Waals surface area contributed by atoms with Crippen LogP contribution in [0.5, 0.6) is 0 Å². The molecule has 0 radical (unpaired) electrons. The van der Waals surface area contributed by atoms with Crippen molar-refractivity contribution in [2.45, 2.75) is 24.4 Å². The molecule has 0 rings (SSSR count). The predicted octanol–water partition coefficient (Wildman–Crippen LogP) is -0.780. The van der Waals surface area contributed by atoms with Crippen LogP contribution in [0.1, 0.15) is 0 Å². The van der Waals surface area contributed by atoms with Crippen molar-refractivity contribution >= 4 is 31.9 Å². The molecule has 0 aromatic carbocycles. The first kappa shape index (κ1) is 12.8. The van der Waals surface area contributed by atoms with Crippen LogP contribution in [0.2, 0.25) is 0 Å². The van der Waals surface area contributed by atoms with E-state index in [2.05, 4.69) is 31.9 Å². The second kappa shape index (κ2) is 6.28. The van der Waals surface area contributed by atoms with Gasteiger partial charge >= 0.3 is 0 Å².